The highest BCUT2D eigenvalue weighted by atomic mass is 32.2. The van der Waals surface area contributed by atoms with Crippen LogP contribution >= 0.6 is 0 Å². The number of hydrogen-bond donors (Lipinski definition) is 1. The lowest BCUT2D eigenvalue weighted by Gasteiger charge is -2.04. The molecule has 1 heterocycles. The monoisotopic (exact) mass is 334 g/mol. The molecule has 22 heavy (non-hydrogen) atoms. The molecule has 0 unspecified atom stereocenters. The summed E-state index contributed by atoms with van der Waals surface area (Å²) in [5, 5.41) is 3.44. The molecule has 0 aliphatic carbocycles. The van der Waals surface area contributed by atoms with Crippen LogP contribution in [-0.2, 0) is 29.3 Å². The highest BCUT2D eigenvalue weighted by molar-refractivity contribution is 7.85. The quantitative estimate of drug-likeness (QED) is 0.854. The zero-order chi connectivity index (χ0) is 16.4. The largest absolute Gasteiger partial charge is 0.435 e. The van der Waals surface area contributed by atoms with E-state index in [1.807, 2.05) is 0 Å². The van der Waals surface area contributed by atoms with Gasteiger partial charge in [-0.15, -0.1) is 0 Å². The Morgan fingerprint density at radius 2 is 1.77 bits per heavy atom. The Kier molecular flexibility index (Phi) is 4.57. The van der Waals surface area contributed by atoms with Gasteiger partial charge in [0, 0.05) is 12.7 Å². The number of alkyl halides is 3. The molecule has 120 valence electrons. The van der Waals surface area contributed by atoms with Crippen LogP contribution in [0.15, 0.2) is 41.4 Å². The molecule has 0 saturated carbocycles. The molecule has 0 amide bonds. The van der Waals surface area contributed by atoms with Crippen LogP contribution < -0.4 is 0 Å². The summed E-state index contributed by atoms with van der Waals surface area (Å²) in [5.41, 5.74) is -0.111. The Bertz CT molecular complexity index is 737. The van der Waals surface area contributed by atoms with Gasteiger partial charge in [-0.25, -0.2) is 0 Å². The van der Waals surface area contributed by atoms with Gasteiger partial charge >= 0.3 is 6.18 Å². The van der Waals surface area contributed by atoms with Crippen LogP contribution in [0, 0.1) is 0 Å². The molecule has 2 rings (SSSR count). The van der Waals surface area contributed by atoms with E-state index in [9.17, 15) is 21.6 Å². The third-order valence-electron chi connectivity index (χ3n) is 3.00. The molecule has 0 fully saturated rings. The minimum Gasteiger partial charge on any atom is -0.282 e. The van der Waals surface area contributed by atoms with E-state index in [4.69, 9.17) is 4.55 Å². The number of halogens is 3. The molecule has 0 radical (unpaired) electrons. The number of rotatable bonds is 5. The summed E-state index contributed by atoms with van der Waals surface area (Å²) >= 11 is 0. The predicted molar refractivity (Wildman–Crippen MR) is 71.8 cm³/mol. The van der Waals surface area contributed by atoms with Crippen LogP contribution in [0.1, 0.15) is 17.7 Å². The van der Waals surface area contributed by atoms with E-state index in [1.165, 1.54) is 23.0 Å². The summed E-state index contributed by atoms with van der Waals surface area (Å²) in [6.07, 6.45) is -2.09. The SMILES string of the molecule is O=S(=O)(O)c1ccc(CCCn2ccc(C(F)(F)F)n2)cc1. The van der Waals surface area contributed by atoms with Crippen LogP contribution in [0.3, 0.4) is 0 Å². The smallest absolute Gasteiger partial charge is 0.282 e. The first kappa shape index (κ1) is 16.5. The van der Waals surface area contributed by atoms with Crippen molar-refractivity contribution in [3.63, 3.8) is 0 Å². The summed E-state index contributed by atoms with van der Waals surface area (Å²) in [7, 11) is -4.21. The summed E-state index contributed by atoms with van der Waals surface area (Å²) in [4.78, 5) is -0.196. The molecule has 0 aliphatic rings. The molecule has 0 bridgehead atoms. The van der Waals surface area contributed by atoms with Gasteiger partial charge in [-0.05, 0) is 36.6 Å². The fraction of sp³-hybridized carbons (Fsp3) is 0.308. The zero-order valence-corrected chi connectivity index (χ0v) is 12.1. The second-order valence-electron chi connectivity index (χ2n) is 4.68. The third kappa shape index (κ3) is 4.31. The first-order chi connectivity index (χ1) is 10.2. The van der Waals surface area contributed by atoms with Crippen molar-refractivity contribution in [3.8, 4) is 0 Å². The lowest BCUT2D eigenvalue weighted by atomic mass is 10.1. The molecule has 1 N–H and O–H groups in total. The van der Waals surface area contributed by atoms with Crippen LogP contribution in [0.2, 0.25) is 0 Å². The molecule has 0 spiro atoms. The number of aromatic nitrogens is 2. The zero-order valence-electron chi connectivity index (χ0n) is 11.3. The minimum absolute atomic E-state index is 0.196. The first-order valence-electron chi connectivity index (χ1n) is 6.33. The van der Waals surface area contributed by atoms with Crippen molar-refractivity contribution in [1.29, 1.82) is 0 Å². The van der Waals surface area contributed by atoms with Crippen LogP contribution in [0.5, 0.6) is 0 Å². The second kappa shape index (κ2) is 6.09. The van der Waals surface area contributed by atoms with Crippen LogP contribution in [-0.4, -0.2) is 22.8 Å². The van der Waals surface area contributed by atoms with E-state index in [0.717, 1.165) is 11.6 Å². The molecular formula is C13H13F3N2O3S. The minimum atomic E-state index is -4.45. The van der Waals surface area contributed by atoms with E-state index < -0.39 is 22.0 Å². The average Bonchev–Trinajstić information content (AvgIpc) is 2.87. The highest BCUT2D eigenvalue weighted by Gasteiger charge is 2.33. The maximum atomic E-state index is 12.4. The topological polar surface area (TPSA) is 72.2 Å². The highest BCUT2D eigenvalue weighted by Crippen LogP contribution is 2.27. The number of aryl methyl sites for hydroxylation is 2. The van der Waals surface area contributed by atoms with Gasteiger partial charge in [-0.3, -0.25) is 9.23 Å². The molecular weight excluding hydrogens is 321 g/mol. The molecule has 1 aromatic carbocycles. The van der Waals surface area contributed by atoms with Crippen molar-refractivity contribution >= 4 is 10.1 Å². The van der Waals surface area contributed by atoms with E-state index in [-0.39, 0.29) is 4.90 Å². The maximum Gasteiger partial charge on any atom is 0.435 e. The van der Waals surface area contributed by atoms with Crippen molar-refractivity contribution in [3.05, 3.63) is 47.8 Å². The molecule has 9 heteroatoms. The maximum absolute atomic E-state index is 12.4. The lowest BCUT2D eigenvalue weighted by molar-refractivity contribution is -0.141. The Hall–Kier alpha value is -1.87. The molecule has 0 aliphatic heterocycles. The Labute approximate surface area is 125 Å². The van der Waals surface area contributed by atoms with Gasteiger partial charge in [0.05, 0.1) is 4.90 Å². The van der Waals surface area contributed by atoms with E-state index in [0.29, 0.717) is 19.4 Å². The fourth-order valence-electron chi connectivity index (χ4n) is 1.91. The van der Waals surface area contributed by atoms with Crippen molar-refractivity contribution in [1.82, 2.24) is 9.78 Å². The van der Waals surface area contributed by atoms with Crippen molar-refractivity contribution in [2.45, 2.75) is 30.5 Å². The normalized spacial score (nSPS) is 12.5. The van der Waals surface area contributed by atoms with Crippen molar-refractivity contribution in [2.75, 3.05) is 0 Å². The molecule has 0 atom stereocenters. The van der Waals surface area contributed by atoms with Gasteiger partial charge < -0.3 is 0 Å². The van der Waals surface area contributed by atoms with E-state index >= 15 is 0 Å². The Morgan fingerprint density at radius 3 is 2.27 bits per heavy atom. The van der Waals surface area contributed by atoms with Gasteiger partial charge in [-0.2, -0.15) is 26.7 Å². The molecule has 1 aromatic heterocycles. The van der Waals surface area contributed by atoms with Gasteiger partial charge in [0.15, 0.2) is 5.69 Å². The summed E-state index contributed by atoms with van der Waals surface area (Å²) in [6.45, 7) is 0.316. The summed E-state index contributed by atoms with van der Waals surface area (Å²) in [5.74, 6) is 0. The number of benzene rings is 1. The van der Waals surface area contributed by atoms with Crippen molar-refractivity contribution in [2.24, 2.45) is 0 Å². The standard InChI is InChI=1S/C13H13F3N2O3S/c14-13(15,16)12-7-9-18(17-12)8-1-2-10-3-5-11(6-4-10)22(19,20)21/h3-7,9H,1-2,8H2,(H,19,20,21). The third-order valence-corrected chi connectivity index (χ3v) is 3.87. The lowest BCUT2D eigenvalue weighted by Crippen LogP contribution is -2.08. The number of nitrogens with zero attached hydrogens (tertiary/aromatic N) is 2. The molecule has 5 nitrogen and oxygen atoms in total. The Balaban J connectivity index is 1.90. The van der Waals surface area contributed by atoms with Gasteiger partial charge in [0.2, 0.25) is 0 Å². The van der Waals surface area contributed by atoms with Crippen molar-refractivity contribution < 1.29 is 26.1 Å². The van der Waals surface area contributed by atoms with Crippen LogP contribution in [0.25, 0.3) is 0 Å². The number of hydrogen-bond acceptors (Lipinski definition) is 3. The fourth-order valence-corrected chi connectivity index (χ4v) is 2.39. The average molecular weight is 334 g/mol. The predicted octanol–water partition coefficient (Wildman–Crippen LogP) is 2.78. The Morgan fingerprint density at radius 1 is 1.14 bits per heavy atom. The van der Waals surface area contributed by atoms with Gasteiger partial charge in [-0.1, -0.05) is 12.1 Å². The van der Waals surface area contributed by atoms with E-state index in [2.05, 4.69) is 5.10 Å². The molecule has 2 aromatic rings. The second-order valence-corrected chi connectivity index (χ2v) is 6.11. The first-order valence-corrected chi connectivity index (χ1v) is 7.77. The van der Waals surface area contributed by atoms with Gasteiger partial charge in [0.25, 0.3) is 10.1 Å². The van der Waals surface area contributed by atoms with Crippen LogP contribution in [0.4, 0.5) is 13.2 Å². The molecule has 0 saturated heterocycles. The summed E-state index contributed by atoms with van der Waals surface area (Å²) < 4.78 is 68.9. The van der Waals surface area contributed by atoms with E-state index in [1.54, 1.807) is 12.1 Å². The van der Waals surface area contributed by atoms with Gasteiger partial charge in [0.1, 0.15) is 0 Å². The summed E-state index contributed by atoms with van der Waals surface area (Å²) in [6, 6.07) is 6.57.